The molecule has 4 nitrogen and oxygen atoms in total. The van der Waals surface area contributed by atoms with Gasteiger partial charge in [-0.2, -0.15) is 4.68 Å². The molecule has 0 saturated heterocycles. The maximum Gasteiger partial charge on any atom is 0.394 e. The Bertz CT molecular complexity index is 805. The predicted octanol–water partition coefficient (Wildman–Crippen LogP) is 4.10. The minimum atomic E-state index is 0.163. The SMILES string of the molecule is [C-]#[N+]c1nc(-c2ccccc2)n(-c2c(C)cccc2C)n1. The highest BCUT2D eigenvalue weighted by molar-refractivity contribution is 5.62. The molecule has 102 valence electrons. The maximum atomic E-state index is 7.17. The highest BCUT2D eigenvalue weighted by Crippen LogP contribution is 2.27. The van der Waals surface area contributed by atoms with Crippen LogP contribution < -0.4 is 0 Å². The summed E-state index contributed by atoms with van der Waals surface area (Å²) in [4.78, 5) is 7.72. The quantitative estimate of drug-likeness (QED) is 0.659. The average Bonchev–Trinajstić information content (AvgIpc) is 2.92. The van der Waals surface area contributed by atoms with E-state index in [1.54, 1.807) is 4.68 Å². The van der Waals surface area contributed by atoms with Gasteiger partial charge < -0.3 is 4.85 Å². The molecule has 0 saturated carbocycles. The average molecular weight is 274 g/mol. The lowest BCUT2D eigenvalue weighted by Gasteiger charge is -2.09. The highest BCUT2D eigenvalue weighted by atomic mass is 15.4. The molecule has 1 heterocycles. The molecular weight excluding hydrogens is 260 g/mol. The van der Waals surface area contributed by atoms with Crippen molar-refractivity contribution < 1.29 is 0 Å². The summed E-state index contributed by atoms with van der Waals surface area (Å²) in [5.74, 6) is 0.857. The van der Waals surface area contributed by atoms with Crippen molar-refractivity contribution in [1.82, 2.24) is 14.8 Å². The van der Waals surface area contributed by atoms with Crippen molar-refractivity contribution in [2.75, 3.05) is 0 Å². The van der Waals surface area contributed by atoms with E-state index in [0.717, 1.165) is 22.4 Å². The Hall–Kier alpha value is -2.93. The van der Waals surface area contributed by atoms with Gasteiger partial charge in [-0.15, -0.1) is 11.6 Å². The first kappa shape index (κ1) is 13.1. The molecule has 0 spiro atoms. The molecule has 3 rings (SSSR count). The van der Waals surface area contributed by atoms with Gasteiger partial charge in [-0.25, -0.2) is 0 Å². The highest BCUT2D eigenvalue weighted by Gasteiger charge is 2.19. The predicted molar refractivity (Wildman–Crippen MR) is 82.5 cm³/mol. The topological polar surface area (TPSA) is 35.1 Å². The first-order valence-electron chi connectivity index (χ1n) is 6.67. The van der Waals surface area contributed by atoms with Gasteiger partial charge in [0.25, 0.3) is 0 Å². The van der Waals surface area contributed by atoms with Crippen molar-refractivity contribution in [2.24, 2.45) is 0 Å². The van der Waals surface area contributed by atoms with Gasteiger partial charge in [-0.05, 0) is 37.1 Å². The molecule has 0 aliphatic heterocycles. The smallest absolute Gasteiger partial charge is 0.393 e. The van der Waals surface area contributed by atoms with Gasteiger partial charge >= 0.3 is 5.95 Å². The number of rotatable bonds is 2. The summed E-state index contributed by atoms with van der Waals surface area (Å²) in [5, 5.41) is 4.35. The summed E-state index contributed by atoms with van der Waals surface area (Å²) in [7, 11) is 0. The first-order chi connectivity index (χ1) is 10.2. The number of aryl methyl sites for hydroxylation is 2. The monoisotopic (exact) mass is 274 g/mol. The van der Waals surface area contributed by atoms with E-state index in [9.17, 15) is 0 Å². The van der Waals surface area contributed by atoms with E-state index in [2.05, 4.69) is 14.9 Å². The number of nitrogens with zero attached hydrogens (tertiary/aromatic N) is 4. The van der Waals surface area contributed by atoms with Crippen molar-refractivity contribution in [3.8, 4) is 17.1 Å². The Morgan fingerprint density at radius 2 is 1.62 bits per heavy atom. The molecule has 3 aromatic rings. The van der Waals surface area contributed by atoms with Gasteiger partial charge in [-0.1, -0.05) is 41.5 Å². The largest absolute Gasteiger partial charge is 0.394 e. The molecule has 0 unspecified atom stereocenters. The van der Waals surface area contributed by atoms with Crippen LogP contribution in [0.5, 0.6) is 0 Å². The molecule has 0 atom stereocenters. The first-order valence-corrected chi connectivity index (χ1v) is 6.67. The molecule has 2 aromatic carbocycles. The lowest BCUT2D eigenvalue weighted by atomic mass is 10.1. The Balaban J connectivity index is 2.29. The summed E-state index contributed by atoms with van der Waals surface area (Å²) in [6.45, 7) is 11.2. The van der Waals surface area contributed by atoms with Crippen molar-refractivity contribution in [2.45, 2.75) is 13.8 Å². The van der Waals surface area contributed by atoms with Gasteiger partial charge in [0.1, 0.15) is 0 Å². The van der Waals surface area contributed by atoms with E-state index >= 15 is 0 Å². The molecule has 0 bridgehead atoms. The second-order valence-electron chi connectivity index (χ2n) is 4.87. The van der Waals surface area contributed by atoms with Crippen LogP contribution in [0.15, 0.2) is 48.5 Å². The van der Waals surface area contributed by atoms with E-state index in [-0.39, 0.29) is 5.95 Å². The molecule has 0 amide bonds. The molecule has 0 radical (unpaired) electrons. The second-order valence-corrected chi connectivity index (χ2v) is 4.87. The summed E-state index contributed by atoms with van der Waals surface area (Å²) < 4.78 is 1.77. The molecule has 0 fully saturated rings. The van der Waals surface area contributed by atoms with E-state index in [1.165, 1.54) is 0 Å². The number of para-hydroxylation sites is 1. The van der Waals surface area contributed by atoms with Gasteiger partial charge in [0, 0.05) is 5.56 Å². The summed E-state index contributed by atoms with van der Waals surface area (Å²) >= 11 is 0. The number of benzene rings is 2. The zero-order valence-corrected chi connectivity index (χ0v) is 11.9. The number of hydrogen-bond donors (Lipinski definition) is 0. The van der Waals surface area contributed by atoms with Crippen molar-refractivity contribution >= 4 is 5.95 Å². The van der Waals surface area contributed by atoms with Crippen molar-refractivity contribution in [3.63, 3.8) is 0 Å². The molecule has 4 heteroatoms. The summed E-state index contributed by atoms with van der Waals surface area (Å²) in [6, 6.07) is 15.9. The van der Waals surface area contributed by atoms with Crippen LogP contribution in [0.3, 0.4) is 0 Å². The molecule has 0 N–H and O–H groups in total. The molecule has 0 aliphatic carbocycles. The maximum absolute atomic E-state index is 7.17. The van der Waals surface area contributed by atoms with Crippen LogP contribution in [0.2, 0.25) is 0 Å². The Labute approximate surface area is 123 Å². The van der Waals surface area contributed by atoms with Gasteiger partial charge in [0.05, 0.1) is 5.69 Å². The third kappa shape index (κ3) is 2.30. The van der Waals surface area contributed by atoms with Crippen LogP contribution >= 0.6 is 0 Å². The third-order valence-electron chi connectivity index (χ3n) is 3.38. The van der Waals surface area contributed by atoms with Gasteiger partial charge in [-0.3, -0.25) is 0 Å². The zero-order chi connectivity index (χ0) is 14.8. The summed E-state index contributed by atoms with van der Waals surface area (Å²) in [5.41, 5.74) is 4.14. The molecule has 1 aromatic heterocycles. The Morgan fingerprint density at radius 3 is 2.24 bits per heavy atom. The number of hydrogen-bond acceptors (Lipinski definition) is 2. The zero-order valence-electron chi connectivity index (χ0n) is 11.9. The van der Waals surface area contributed by atoms with E-state index in [1.807, 2.05) is 62.4 Å². The lowest BCUT2D eigenvalue weighted by Crippen LogP contribution is -2.04. The van der Waals surface area contributed by atoms with Crippen LogP contribution in [0.4, 0.5) is 5.95 Å². The number of aromatic nitrogens is 3. The Morgan fingerprint density at radius 1 is 0.952 bits per heavy atom. The Kier molecular flexibility index (Phi) is 3.25. The molecule has 0 aliphatic rings. The molecular formula is C17H14N4. The van der Waals surface area contributed by atoms with E-state index < -0.39 is 0 Å². The van der Waals surface area contributed by atoms with Crippen LogP contribution in [0.25, 0.3) is 21.9 Å². The van der Waals surface area contributed by atoms with Crippen LogP contribution in [-0.4, -0.2) is 14.8 Å². The lowest BCUT2D eigenvalue weighted by molar-refractivity contribution is 0.877. The standard InChI is InChI=1S/C17H14N4/c1-12-8-7-9-13(2)15(12)21-16(19-17(18-3)20-21)14-10-5-4-6-11-14/h4-11H,1-2H3. The van der Waals surface area contributed by atoms with E-state index in [4.69, 9.17) is 6.57 Å². The van der Waals surface area contributed by atoms with E-state index in [0.29, 0.717) is 5.82 Å². The summed E-state index contributed by atoms with van der Waals surface area (Å²) in [6.07, 6.45) is 0. The van der Waals surface area contributed by atoms with Crippen LogP contribution in [0, 0.1) is 20.4 Å². The van der Waals surface area contributed by atoms with Crippen molar-refractivity contribution in [1.29, 1.82) is 0 Å². The molecule has 21 heavy (non-hydrogen) atoms. The van der Waals surface area contributed by atoms with Gasteiger partial charge in [0.2, 0.25) is 5.82 Å². The van der Waals surface area contributed by atoms with Crippen molar-refractivity contribution in [3.05, 3.63) is 71.1 Å². The van der Waals surface area contributed by atoms with Crippen LogP contribution in [-0.2, 0) is 0 Å². The second kappa shape index (κ2) is 5.22. The fourth-order valence-electron chi connectivity index (χ4n) is 2.42. The minimum Gasteiger partial charge on any atom is -0.393 e. The van der Waals surface area contributed by atoms with Crippen LogP contribution in [0.1, 0.15) is 11.1 Å². The van der Waals surface area contributed by atoms with Gasteiger partial charge in [0.15, 0.2) is 0 Å². The normalized spacial score (nSPS) is 10.3. The fourth-order valence-corrected chi connectivity index (χ4v) is 2.42. The minimum absolute atomic E-state index is 0.163. The fraction of sp³-hybridized carbons (Fsp3) is 0.118. The third-order valence-corrected chi connectivity index (χ3v) is 3.38.